The molecule has 0 amide bonds. The van der Waals surface area contributed by atoms with Crippen LogP contribution in [0.4, 0.5) is 5.69 Å². The fraction of sp³-hybridized carbons (Fsp3) is 0.393. The van der Waals surface area contributed by atoms with Gasteiger partial charge in [-0.05, 0) is 62.9 Å². The number of anilines is 1. The van der Waals surface area contributed by atoms with E-state index in [1.807, 2.05) is 24.3 Å². The third kappa shape index (κ3) is 3.57. The van der Waals surface area contributed by atoms with E-state index in [1.165, 1.54) is 7.11 Å². The first-order valence-corrected chi connectivity index (χ1v) is 12.1. The summed E-state index contributed by atoms with van der Waals surface area (Å²) in [6.07, 6.45) is 2.04. The number of ketones is 1. The zero-order chi connectivity index (χ0) is 24.6. The van der Waals surface area contributed by atoms with Crippen molar-refractivity contribution in [2.24, 2.45) is 5.41 Å². The van der Waals surface area contributed by atoms with Gasteiger partial charge in [-0.15, -0.1) is 0 Å². The Morgan fingerprint density at radius 2 is 1.77 bits per heavy atom. The second-order valence-corrected chi connectivity index (χ2v) is 9.62. The molecule has 5 rings (SSSR count). The molecule has 2 aromatic rings. The zero-order valence-corrected chi connectivity index (χ0v) is 20.1. The third-order valence-corrected chi connectivity index (χ3v) is 7.96. The van der Waals surface area contributed by atoms with Crippen molar-refractivity contribution in [1.82, 2.24) is 5.32 Å². The van der Waals surface area contributed by atoms with E-state index in [0.29, 0.717) is 24.0 Å². The normalized spacial score (nSPS) is 26.3. The molecule has 1 saturated heterocycles. The summed E-state index contributed by atoms with van der Waals surface area (Å²) in [5.41, 5.74) is 2.61. The van der Waals surface area contributed by atoms with E-state index in [0.717, 1.165) is 29.9 Å². The van der Waals surface area contributed by atoms with Gasteiger partial charge in [0, 0.05) is 22.8 Å². The monoisotopic (exact) mass is 474 g/mol. The zero-order valence-electron chi connectivity index (χ0n) is 20.1. The smallest absolute Gasteiger partial charge is 0.338 e. The summed E-state index contributed by atoms with van der Waals surface area (Å²) in [7, 11) is 1.38. The highest BCUT2D eigenvalue weighted by atomic mass is 16.5. The molecule has 1 aliphatic carbocycles. The van der Waals surface area contributed by atoms with Gasteiger partial charge in [-0.2, -0.15) is 0 Å². The molecule has 7 nitrogen and oxygen atoms in total. The van der Waals surface area contributed by atoms with Crippen LogP contribution >= 0.6 is 0 Å². The molecule has 3 aliphatic rings. The topological polar surface area (TPSA) is 93.7 Å². The van der Waals surface area contributed by atoms with Gasteiger partial charge in [0.1, 0.15) is 5.78 Å². The molecule has 2 N–H and O–H groups in total. The lowest BCUT2D eigenvalue weighted by molar-refractivity contribution is -0.138. The van der Waals surface area contributed by atoms with Crippen molar-refractivity contribution < 1.29 is 23.9 Å². The molecule has 0 saturated carbocycles. The number of Topliss-reactive ketones (excluding diaryl/α,β-unsaturated/α-hetero) is 1. The number of benzene rings is 2. The Balaban J connectivity index is 1.47. The Labute approximate surface area is 204 Å². The minimum atomic E-state index is -0.832. The maximum atomic E-state index is 13.4. The second-order valence-electron chi connectivity index (χ2n) is 9.62. The van der Waals surface area contributed by atoms with Gasteiger partial charge >= 0.3 is 11.9 Å². The molecule has 7 heteroatoms. The van der Waals surface area contributed by atoms with Crippen LogP contribution < -0.4 is 10.6 Å². The number of ether oxygens (including phenoxy) is 2. The fourth-order valence-corrected chi connectivity index (χ4v) is 6.42. The number of hydrogen-bond donors (Lipinski definition) is 2. The lowest BCUT2D eigenvalue weighted by atomic mass is 9.54. The van der Waals surface area contributed by atoms with Crippen molar-refractivity contribution in [3.63, 3.8) is 0 Å². The van der Waals surface area contributed by atoms with Crippen molar-refractivity contribution in [2.75, 3.05) is 25.6 Å². The first kappa shape index (κ1) is 23.3. The maximum Gasteiger partial charge on any atom is 0.338 e. The number of methoxy groups -OCH3 is 1. The molecule has 0 radical (unpaired) electrons. The number of fused-ring (bicyclic) bond motifs is 1. The van der Waals surface area contributed by atoms with Gasteiger partial charge in [-0.3, -0.25) is 4.79 Å². The predicted octanol–water partition coefficient (Wildman–Crippen LogP) is 3.76. The summed E-state index contributed by atoms with van der Waals surface area (Å²) in [6.45, 7) is 2.54. The average molecular weight is 475 g/mol. The van der Waals surface area contributed by atoms with Gasteiger partial charge in [0.15, 0.2) is 0 Å². The van der Waals surface area contributed by atoms with Gasteiger partial charge < -0.3 is 20.1 Å². The number of nitrogens with one attached hydrogen (secondary N) is 2. The lowest BCUT2D eigenvalue weighted by Crippen LogP contribution is -2.59. The number of rotatable bonds is 7. The van der Waals surface area contributed by atoms with Gasteiger partial charge in [0.05, 0.1) is 30.3 Å². The van der Waals surface area contributed by atoms with E-state index in [9.17, 15) is 14.4 Å². The lowest BCUT2D eigenvalue weighted by Gasteiger charge is -2.49. The standard InChI is InChI=1S/C28H30N2O5/c1-18(31)27(13-8-16-35-24(32)19-9-4-3-5-10-19)17-20(25(33)34-2)23-28(14-15-29-26(27)28)21-11-6-7-12-22(21)30-23/h3-7,9-12,26,29-30H,8,13-17H2,1-2H3/t26-,27+,28+/m0/s1. The van der Waals surface area contributed by atoms with E-state index in [4.69, 9.17) is 9.47 Å². The van der Waals surface area contributed by atoms with Crippen LogP contribution in [-0.2, 0) is 24.5 Å². The van der Waals surface area contributed by atoms with Crippen LogP contribution in [0.15, 0.2) is 65.9 Å². The summed E-state index contributed by atoms with van der Waals surface area (Å²) in [5.74, 6) is -0.769. The predicted molar refractivity (Wildman–Crippen MR) is 131 cm³/mol. The molecular weight excluding hydrogens is 444 g/mol. The highest BCUT2D eigenvalue weighted by molar-refractivity contribution is 5.96. The van der Waals surface area contributed by atoms with E-state index in [2.05, 4.69) is 16.7 Å². The number of carbonyl (C=O) groups is 3. The molecule has 2 heterocycles. The molecule has 3 atom stereocenters. The maximum absolute atomic E-state index is 13.4. The average Bonchev–Trinajstić information content (AvgIpc) is 3.48. The van der Waals surface area contributed by atoms with Crippen molar-refractivity contribution in [1.29, 1.82) is 0 Å². The van der Waals surface area contributed by atoms with Crippen LogP contribution in [0.5, 0.6) is 0 Å². The van der Waals surface area contributed by atoms with Gasteiger partial charge in [-0.25, -0.2) is 9.59 Å². The van der Waals surface area contributed by atoms with Gasteiger partial charge in [0.25, 0.3) is 0 Å². The molecule has 2 aromatic carbocycles. The Hall–Kier alpha value is -3.45. The number of hydrogen-bond acceptors (Lipinski definition) is 7. The number of carbonyl (C=O) groups excluding carboxylic acids is 3. The molecular formula is C28H30N2O5. The van der Waals surface area contributed by atoms with Gasteiger partial charge in [0.2, 0.25) is 0 Å². The van der Waals surface area contributed by atoms with Crippen LogP contribution in [0.3, 0.4) is 0 Å². The van der Waals surface area contributed by atoms with Crippen LogP contribution in [-0.4, -0.2) is 44.0 Å². The van der Waals surface area contributed by atoms with Crippen LogP contribution in [0.2, 0.25) is 0 Å². The Bertz CT molecular complexity index is 1210. The quantitative estimate of drug-likeness (QED) is 0.466. The van der Waals surface area contributed by atoms with Crippen LogP contribution in [0, 0.1) is 5.41 Å². The van der Waals surface area contributed by atoms with E-state index >= 15 is 0 Å². The van der Waals surface area contributed by atoms with E-state index in [-0.39, 0.29) is 30.8 Å². The molecule has 182 valence electrons. The van der Waals surface area contributed by atoms with Gasteiger partial charge in [-0.1, -0.05) is 36.4 Å². The molecule has 1 spiro atoms. The van der Waals surface area contributed by atoms with Crippen LogP contribution in [0.1, 0.15) is 48.5 Å². The minimum Gasteiger partial charge on any atom is -0.466 e. The van der Waals surface area contributed by atoms with E-state index < -0.39 is 16.8 Å². The second kappa shape index (κ2) is 8.96. The third-order valence-electron chi connectivity index (χ3n) is 7.96. The van der Waals surface area contributed by atoms with Crippen molar-refractivity contribution in [3.05, 3.63) is 77.0 Å². The molecule has 2 aliphatic heterocycles. The van der Waals surface area contributed by atoms with E-state index in [1.54, 1.807) is 31.2 Å². The fourth-order valence-electron chi connectivity index (χ4n) is 6.42. The molecule has 0 aromatic heterocycles. The van der Waals surface area contributed by atoms with Crippen molar-refractivity contribution >= 4 is 23.4 Å². The number of esters is 2. The summed E-state index contributed by atoms with van der Waals surface area (Å²) in [6, 6.07) is 16.7. The first-order valence-electron chi connectivity index (χ1n) is 12.1. The summed E-state index contributed by atoms with van der Waals surface area (Å²) < 4.78 is 10.7. The molecule has 0 unspecified atom stereocenters. The summed E-state index contributed by atoms with van der Waals surface area (Å²) in [4.78, 5) is 38.8. The molecule has 0 bridgehead atoms. The highest BCUT2D eigenvalue weighted by Gasteiger charge is 2.64. The van der Waals surface area contributed by atoms with Crippen LogP contribution in [0.25, 0.3) is 0 Å². The molecule has 1 fully saturated rings. The Morgan fingerprint density at radius 3 is 2.51 bits per heavy atom. The SMILES string of the molecule is COC(=O)C1=C2Nc3ccccc3[C@]23CCN[C@H]3[C@@](CCCOC(=O)c2ccccc2)(C(C)=O)C1. The van der Waals surface area contributed by atoms with Crippen molar-refractivity contribution in [3.8, 4) is 0 Å². The van der Waals surface area contributed by atoms with Crippen molar-refractivity contribution in [2.45, 2.75) is 44.1 Å². The highest BCUT2D eigenvalue weighted by Crippen LogP contribution is 2.61. The Morgan fingerprint density at radius 1 is 1.03 bits per heavy atom. The largest absolute Gasteiger partial charge is 0.466 e. The first-order chi connectivity index (χ1) is 16.9. The minimum absolute atomic E-state index is 0.0236. The number of para-hydroxylation sites is 1. The summed E-state index contributed by atoms with van der Waals surface area (Å²) in [5, 5.41) is 7.13. The Kier molecular flexibility index (Phi) is 5.97. The molecule has 35 heavy (non-hydrogen) atoms. The summed E-state index contributed by atoms with van der Waals surface area (Å²) >= 11 is 0.